The number of halogens is 1. The lowest BCUT2D eigenvalue weighted by molar-refractivity contribution is 0.120. The van der Waals surface area contributed by atoms with Gasteiger partial charge in [0, 0.05) is 31.8 Å². The summed E-state index contributed by atoms with van der Waals surface area (Å²) in [5, 5.41) is 6.96. The van der Waals surface area contributed by atoms with Crippen molar-refractivity contribution in [3.05, 3.63) is 16.4 Å². The molecular weight excluding hydrogens is 240 g/mol. The number of nitrogens with zero attached hydrogens (tertiary/aromatic N) is 2. The van der Waals surface area contributed by atoms with Crippen LogP contribution in [0.4, 0.5) is 5.95 Å². The molecule has 1 saturated heterocycles. The van der Waals surface area contributed by atoms with E-state index in [0.29, 0.717) is 11.1 Å². The van der Waals surface area contributed by atoms with Crippen molar-refractivity contribution in [1.82, 2.24) is 15.3 Å². The van der Waals surface area contributed by atoms with E-state index < -0.39 is 0 Å². The third kappa shape index (κ3) is 2.36. The lowest BCUT2D eigenvalue weighted by Crippen LogP contribution is -2.20. The minimum Gasteiger partial charge on any atom is -0.376 e. The zero-order chi connectivity index (χ0) is 11.7. The molecule has 2 N–H and O–H groups in total. The number of hydrogen-bond donors (Lipinski definition) is 2. The van der Waals surface area contributed by atoms with E-state index in [2.05, 4.69) is 20.6 Å². The normalized spacial score (nSPS) is 22.8. The van der Waals surface area contributed by atoms with E-state index in [0.717, 1.165) is 50.3 Å². The first-order valence-electron chi connectivity index (χ1n) is 5.94. The zero-order valence-corrected chi connectivity index (χ0v) is 10.3. The molecule has 1 atom stereocenters. The standard InChI is InChI=1S/C11H15ClN4O/c12-10-8-5-13-6-9(8)15-11(16-10)14-4-7-2-1-3-17-7/h7,13H,1-6H2,(H,14,15,16). The molecule has 1 unspecified atom stereocenters. The smallest absolute Gasteiger partial charge is 0.224 e. The summed E-state index contributed by atoms with van der Waals surface area (Å²) < 4.78 is 5.53. The molecule has 0 radical (unpaired) electrons. The van der Waals surface area contributed by atoms with Gasteiger partial charge in [-0.2, -0.15) is 0 Å². The van der Waals surface area contributed by atoms with Crippen LogP contribution in [0.1, 0.15) is 24.1 Å². The molecule has 5 nitrogen and oxygen atoms in total. The summed E-state index contributed by atoms with van der Waals surface area (Å²) in [5.74, 6) is 0.605. The summed E-state index contributed by atoms with van der Waals surface area (Å²) in [6.45, 7) is 3.15. The van der Waals surface area contributed by atoms with Crippen molar-refractivity contribution in [3.63, 3.8) is 0 Å². The maximum absolute atomic E-state index is 6.11. The van der Waals surface area contributed by atoms with Crippen LogP contribution < -0.4 is 10.6 Å². The molecule has 6 heteroatoms. The van der Waals surface area contributed by atoms with Gasteiger partial charge in [0.1, 0.15) is 5.15 Å². The first-order valence-corrected chi connectivity index (χ1v) is 6.32. The number of ether oxygens (including phenoxy) is 1. The van der Waals surface area contributed by atoms with Gasteiger partial charge in [-0.1, -0.05) is 11.6 Å². The molecule has 1 aromatic rings. The summed E-state index contributed by atoms with van der Waals surface area (Å²) in [6.07, 6.45) is 2.53. The van der Waals surface area contributed by atoms with Crippen molar-refractivity contribution in [2.45, 2.75) is 32.0 Å². The van der Waals surface area contributed by atoms with Crippen molar-refractivity contribution in [2.75, 3.05) is 18.5 Å². The Morgan fingerprint density at radius 2 is 2.35 bits per heavy atom. The average Bonchev–Trinajstić information content (AvgIpc) is 2.97. The second kappa shape index (κ2) is 4.76. The summed E-state index contributed by atoms with van der Waals surface area (Å²) in [7, 11) is 0. The molecule has 17 heavy (non-hydrogen) atoms. The number of hydrogen-bond acceptors (Lipinski definition) is 5. The topological polar surface area (TPSA) is 59.1 Å². The highest BCUT2D eigenvalue weighted by Gasteiger charge is 2.19. The average molecular weight is 255 g/mol. The predicted molar refractivity (Wildman–Crippen MR) is 65.0 cm³/mol. The summed E-state index contributed by atoms with van der Waals surface area (Å²) in [6, 6.07) is 0. The highest BCUT2D eigenvalue weighted by atomic mass is 35.5. The van der Waals surface area contributed by atoms with Crippen LogP contribution in [0.15, 0.2) is 0 Å². The monoisotopic (exact) mass is 254 g/mol. The molecule has 0 saturated carbocycles. The van der Waals surface area contributed by atoms with Crippen molar-refractivity contribution >= 4 is 17.5 Å². The maximum atomic E-state index is 6.11. The fourth-order valence-electron chi connectivity index (χ4n) is 2.22. The Hall–Kier alpha value is -0.910. The molecule has 0 amide bonds. The van der Waals surface area contributed by atoms with Gasteiger partial charge in [0.2, 0.25) is 5.95 Å². The first kappa shape index (κ1) is 11.2. The lowest BCUT2D eigenvalue weighted by atomic mass is 10.2. The highest BCUT2D eigenvalue weighted by molar-refractivity contribution is 6.30. The molecule has 1 fully saturated rings. The first-order chi connectivity index (χ1) is 8.33. The van der Waals surface area contributed by atoms with Crippen LogP contribution in [0.2, 0.25) is 5.15 Å². The van der Waals surface area contributed by atoms with Crippen LogP contribution in [0.3, 0.4) is 0 Å². The fourth-order valence-corrected chi connectivity index (χ4v) is 2.47. The van der Waals surface area contributed by atoms with Crippen LogP contribution in [-0.2, 0) is 17.8 Å². The molecule has 2 aliphatic rings. The molecule has 0 aromatic carbocycles. The second-order valence-electron chi connectivity index (χ2n) is 4.38. The van der Waals surface area contributed by atoms with E-state index in [4.69, 9.17) is 16.3 Å². The quantitative estimate of drug-likeness (QED) is 0.797. The number of aromatic nitrogens is 2. The summed E-state index contributed by atoms with van der Waals surface area (Å²) in [5.41, 5.74) is 2.02. The second-order valence-corrected chi connectivity index (χ2v) is 4.74. The molecule has 92 valence electrons. The molecule has 0 aliphatic carbocycles. The molecule has 1 aromatic heterocycles. The SMILES string of the molecule is Clc1nc(NCC2CCCO2)nc2c1CNC2. The van der Waals surface area contributed by atoms with E-state index in [-0.39, 0.29) is 6.10 Å². The summed E-state index contributed by atoms with van der Waals surface area (Å²) in [4.78, 5) is 8.70. The van der Waals surface area contributed by atoms with Crippen LogP contribution in [0.25, 0.3) is 0 Å². The van der Waals surface area contributed by atoms with E-state index >= 15 is 0 Å². The van der Waals surface area contributed by atoms with Gasteiger partial charge in [0.25, 0.3) is 0 Å². The Morgan fingerprint density at radius 1 is 1.41 bits per heavy atom. The van der Waals surface area contributed by atoms with Crippen LogP contribution in [0, 0.1) is 0 Å². The third-order valence-electron chi connectivity index (χ3n) is 3.15. The minimum absolute atomic E-state index is 0.281. The molecule has 2 aliphatic heterocycles. The van der Waals surface area contributed by atoms with Gasteiger partial charge in [0.05, 0.1) is 11.8 Å². The fraction of sp³-hybridized carbons (Fsp3) is 0.636. The Morgan fingerprint density at radius 3 is 3.18 bits per heavy atom. The van der Waals surface area contributed by atoms with Crippen LogP contribution in [-0.4, -0.2) is 29.2 Å². The Labute approximate surface area is 105 Å². The Bertz CT molecular complexity index is 420. The van der Waals surface area contributed by atoms with Gasteiger partial charge in [-0.25, -0.2) is 9.97 Å². The van der Waals surface area contributed by atoms with E-state index in [1.54, 1.807) is 0 Å². The molecule has 3 heterocycles. The molecule has 3 rings (SSSR count). The number of rotatable bonds is 3. The predicted octanol–water partition coefficient (Wildman–Crippen LogP) is 1.32. The van der Waals surface area contributed by atoms with E-state index in [1.807, 2.05) is 0 Å². The Balaban J connectivity index is 1.68. The van der Waals surface area contributed by atoms with Crippen molar-refractivity contribution in [2.24, 2.45) is 0 Å². The van der Waals surface area contributed by atoms with Gasteiger partial charge in [-0.3, -0.25) is 0 Å². The molecule has 0 bridgehead atoms. The van der Waals surface area contributed by atoms with Gasteiger partial charge in [-0.15, -0.1) is 0 Å². The van der Waals surface area contributed by atoms with Crippen molar-refractivity contribution < 1.29 is 4.74 Å². The largest absolute Gasteiger partial charge is 0.376 e. The highest BCUT2D eigenvalue weighted by Crippen LogP contribution is 2.22. The van der Waals surface area contributed by atoms with Gasteiger partial charge in [-0.05, 0) is 12.8 Å². The maximum Gasteiger partial charge on any atom is 0.224 e. The minimum atomic E-state index is 0.281. The zero-order valence-electron chi connectivity index (χ0n) is 9.50. The third-order valence-corrected chi connectivity index (χ3v) is 3.46. The molecule has 0 spiro atoms. The molecular formula is C11H15ClN4O. The summed E-state index contributed by atoms with van der Waals surface area (Å²) >= 11 is 6.11. The van der Waals surface area contributed by atoms with E-state index in [9.17, 15) is 0 Å². The number of anilines is 1. The van der Waals surface area contributed by atoms with Crippen molar-refractivity contribution in [3.8, 4) is 0 Å². The van der Waals surface area contributed by atoms with Gasteiger partial charge >= 0.3 is 0 Å². The number of nitrogens with one attached hydrogen (secondary N) is 2. The van der Waals surface area contributed by atoms with Gasteiger partial charge < -0.3 is 15.4 Å². The van der Waals surface area contributed by atoms with Gasteiger partial charge in [0.15, 0.2) is 0 Å². The number of fused-ring (bicyclic) bond motifs is 1. The van der Waals surface area contributed by atoms with Crippen molar-refractivity contribution in [1.29, 1.82) is 0 Å². The Kier molecular flexibility index (Phi) is 3.13. The van der Waals surface area contributed by atoms with Crippen LogP contribution in [0.5, 0.6) is 0 Å². The van der Waals surface area contributed by atoms with Crippen LogP contribution >= 0.6 is 11.6 Å². The lowest BCUT2D eigenvalue weighted by Gasteiger charge is -2.11. The van der Waals surface area contributed by atoms with E-state index in [1.165, 1.54) is 0 Å².